The Morgan fingerprint density at radius 2 is 1.80 bits per heavy atom. The Kier molecular flexibility index (Phi) is 2.70. The highest BCUT2D eigenvalue weighted by molar-refractivity contribution is 5.77. The number of rotatable bonds is 2. The second-order valence-corrected chi connectivity index (χ2v) is 2.94. The minimum atomic E-state index is -4.43. The van der Waals surface area contributed by atoms with E-state index in [0.29, 0.717) is 6.07 Å². The molecule has 0 bridgehead atoms. The van der Waals surface area contributed by atoms with Crippen molar-refractivity contribution in [1.29, 1.82) is 0 Å². The predicted octanol–water partition coefficient (Wildman–Crippen LogP) is 2.45. The molecule has 0 aliphatic heterocycles. The molecular weight excluding hydrogens is 216 g/mol. The molecule has 6 heteroatoms. The van der Waals surface area contributed by atoms with E-state index in [0.717, 1.165) is 6.07 Å². The van der Waals surface area contributed by atoms with Crippen LogP contribution < -0.4 is 0 Å². The minimum absolute atomic E-state index is 0.169. The third-order valence-corrected chi connectivity index (χ3v) is 1.88. The van der Waals surface area contributed by atoms with Gasteiger partial charge < -0.3 is 5.11 Å². The summed E-state index contributed by atoms with van der Waals surface area (Å²) in [5, 5.41) is 8.14. The van der Waals surface area contributed by atoms with Gasteiger partial charge in [0.25, 0.3) is 0 Å². The van der Waals surface area contributed by atoms with Crippen molar-refractivity contribution in [3.63, 3.8) is 0 Å². The van der Waals surface area contributed by atoms with Gasteiger partial charge in [-0.2, -0.15) is 8.78 Å². The monoisotopic (exact) mass is 222 g/mol. The molecule has 0 spiro atoms. The molecule has 2 nitrogen and oxygen atoms in total. The van der Waals surface area contributed by atoms with Crippen LogP contribution in [0.1, 0.15) is 11.1 Å². The van der Waals surface area contributed by atoms with Gasteiger partial charge in [-0.3, -0.25) is 0 Å². The molecule has 0 radical (unpaired) electrons. The van der Waals surface area contributed by atoms with Crippen molar-refractivity contribution in [2.45, 2.75) is 12.8 Å². The van der Waals surface area contributed by atoms with Crippen LogP contribution in [-0.2, 0) is 10.7 Å². The van der Waals surface area contributed by atoms with Crippen LogP contribution in [0, 0.1) is 18.6 Å². The van der Waals surface area contributed by atoms with Crippen molar-refractivity contribution in [3.8, 4) is 0 Å². The van der Waals surface area contributed by atoms with Gasteiger partial charge in [0.1, 0.15) is 0 Å². The lowest BCUT2D eigenvalue weighted by Crippen LogP contribution is -2.27. The van der Waals surface area contributed by atoms with E-state index in [9.17, 15) is 22.4 Å². The molecule has 0 aromatic heterocycles. The van der Waals surface area contributed by atoms with Gasteiger partial charge in [0.2, 0.25) is 0 Å². The number of carboxylic acids is 1. The Morgan fingerprint density at radius 1 is 1.27 bits per heavy atom. The average molecular weight is 222 g/mol. The number of hydrogen-bond donors (Lipinski definition) is 1. The number of carbonyl (C=O) groups is 1. The van der Waals surface area contributed by atoms with Crippen molar-refractivity contribution in [2.24, 2.45) is 0 Å². The van der Waals surface area contributed by atoms with Crippen LogP contribution in [-0.4, -0.2) is 11.1 Å². The first-order chi connectivity index (χ1) is 6.78. The maximum absolute atomic E-state index is 13.0. The van der Waals surface area contributed by atoms with E-state index in [1.807, 2.05) is 0 Å². The van der Waals surface area contributed by atoms with Gasteiger partial charge in [-0.15, -0.1) is 0 Å². The number of benzene rings is 1. The van der Waals surface area contributed by atoms with Gasteiger partial charge in [0, 0.05) is 0 Å². The smallest absolute Gasteiger partial charge is 0.379 e. The lowest BCUT2D eigenvalue weighted by molar-refractivity contribution is -0.166. The summed E-state index contributed by atoms with van der Waals surface area (Å²) in [6.45, 7) is 1.18. The predicted molar refractivity (Wildman–Crippen MR) is 42.6 cm³/mol. The normalized spacial score (nSPS) is 11.5. The highest BCUT2D eigenvalue weighted by atomic mass is 19.3. The fourth-order valence-electron chi connectivity index (χ4n) is 1.00. The molecule has 15 heavy (non-hydrogen) atoms. The van der Waals surface area contributed by atoms with Crippen LogP contribution >= 0.6 is 0 Å². The van der Waals surface area contributed by atoms with Crippen LogP contribution in [0.15, 0.2) is 12.1 Å². The summed E-state index contributed by atoms with van der Waals surface area (Å²) in [5.41, 5.74) is -1.64. The zero-order valence-electron chi connectivity index (χ0n) is 7.52. The first kappa shape index (κ1) is 11.5. The molecule has 0 aliphatic rings. The van der Waals surface area contributed by atoms with Crippen molar-refractivity contribution in [2.75, 3.05) is 0 Å². The lowest BCUT2D eigenvalue weighted by Gasteiger charge is -2.13. The molecule has 0 unspecified atom stereocenters. The zero-order chi connectivity index (χ0) is 11.8. The Labute approximate surface area is 82.1 Å². The van der Waals surface area contributed by atoms with Crippen LogP contribution in [0.3, 0.4) is 0 Å². The summed E-state index contributed by atoms with van der Waals surface area (Å²) in [5.74, 6) is -10.3. The summed E-state index contributed by atoms with van der Waals surface area (Å²) in [4.78, 5) is 10.1. The SMILES string of the molecule is Cc1ccc(C(F)(F)C(=O)O)c(F)c1F. The molecule has 1 aromatic carbocycles. The number of hydrogen-bond acceptors (Lipinski definition) is 1. The van der Waals surface area contributed by atoms with Crippen molar-refractivity contribution in [1.82, 2.24) is 0 Å². The number of aliphatic carboxylic acids is 1. The van der Waals surface area contributed by atoms with Gasteiger partial charge in [0.15, 0.2) is 11.6 Å². The van der Waals surface area contributed by atoms with E-state index in [2.05, 4.69) is 0 Å². The molecule has 1 rings (SSSR count). The molecule has 1 N–H and O–H groups in total. The molecule has 82 valence electrons. The fraction of sp³-hybridized carbons (Fsp3) is 0.222. The molecule has 0 aliphatic carbocycles. The molecule has 0 fully saturated rings. The summed E-state index contributed by atoms with van der Waals surface area (Å²) >= 11 is 0. The van der Waals surface area contributed by atoms with Crippen LogP contribution in [0.25, 0.3) is 0 Å². The molecular formula is C9H6F4O2. The molecule has 0 saturated carbocycles. The van der Waals surface area contributed by atoms with Gasteiger partial charge in [0.05, 0.1) is 5.56 Å². The number of carboxylic acid groups (broad SMARTS) is 1. The zero-order valence-corrected chi connectivity index (χ0v) is 7.52. The van der Waals surface area contributed by atoms with E-state index >= 15 is 0 Å². The third kappa shape index (κ3) is 1.79. The van der Waals surface area contributed by atoms with E-state index in [1.54, 1.807) is 0 Å². The van der Waals surface area contributed by atoms with Gasteiger partial charge >= 0.3 is 11.9 Å². The van der Waals surface area contributed by atoms with Gasteiger partial charge in [-0.05, 0) is 18.6 Å². The summed E-state index contributed by atoms with van der Waals surface area (Å²) in [7, 11) is 0. The second-order valence-electron chi connectivity index (χ2n) is 2.94. The highest BCUT2D eigenvalue weighted by Crippen LogP contribution is 2.31. The molecule has 0 heterocycles. The largest absolute Gasteiger partial charge is 0.477 e. The number of aryl methyl sites for hydroxylation is 1. The van der Waals surface area contributed by atoms with Crippen molar-refractivity contribution in [3.05, 3.63) is 34.9 Å². The number of alkyl halides is 2. The summed E-state index contributed by atoms with van der Waals surface area (Å²) < 4.78 is 51.6. The van der Waals surface area contributed by atoms with Crippen LogP contribution in [0.5, 0.6) is 0 Å². The first-order valence-corrected chi connectivity index (χ1v) is 3.84. The van der Waals surface area contributed by atoms with Crippen LogP contribution in [0.4, 0.5) is 17.6 Å². The van der Waals surface area contributed by atoms with Crippen LogP contribution in [0.2, 0.25) is 0 Å². The average Bonchev–Trinajstić information content (AvgIpc) is 2.13. The van der Waals surface area contributed by atoms with E-state index < -0.39 is 29.1 Å². The van der Waals surface area contributed by atoms with E-state index in [1.165, 1.54) is 6.92 Å². The standard InChI is InChI=1S/C9H6F4O2/c1-4-2-3-5(7(11)6(4)10)9(12,13)8(14)15/h2-3H,1H3,(H,14,15). The van der Waals surface area contributed by atoms with E-state index in [4.69, 9.17) is 5.11 Å². The Hall–Kier alpha value is -1.59. The van der Waals surface area contributed by atoms with Gasteiger partial charge in [-0.1, -0.05) is 6.07 Å². The summed E-state index contributed by atoms with van der Waals surface area (Å²) in [6, 6.07) is 1.45. The highest BCUT2D eigenvalue weighted by Gasteiger charge is 2.44. The quantitative estimate of drug-likeness (QED) is 0.780. The van der Waals surface area contributed by atoms with Crippen molar-refractivity contribution < 1.29 is 27.5 Å². The Bertz CT molecular complexity index is 415. The lowest BCUT2D eigenvalue weighted by atomic mass is 10.1. The topological polar surface area (TPSA) is 37.3 Å². The molecule has 0 saturated heterocycles. The third-order valence-electron chi connectivity index (χ3n) is 1.88. The molecule has 1 aromatic rings. The number of halogens is 4. The molecule has 0 amide bonds. The minimum Gasteiger partial charge on any atom is -0.477 e. The molecule has 0 atom stereocenters. The maximum atomic E-state index is 13.0. The Morgan fingerprint density at radius 3 is 2.27 bits per heavy atom. The summed E-state index contributed by atoms with van der Waals surface area (Å²) in [6.07, 6.45) is 0. The first-order valence-electron chi connectivity index (χ1n) is 3.84. The fourth-order valence-corrected chi connectivity index (χ4v) is 1.00. The maximum Gasteiger partial charge on any atom is 0.379 e. The van der Waals surface area contributed by atoms with Crippen molar-refractivity contribution >= 4 is 5.97 Å². The van der Waals surface area contributed by atoms with Gasteiger partial charge in [-0.25, -0.2) is 13.6 Å². The Balaban J connectivity index is 3.40. The van der Waals surface area contributed by atoms with E-state index in [-0.39, 0.29) is 5.56 Å². The second kappa shape index (κ2) is 3.52.